The number of nitrogens with one attached hydrogen (secondary N) is 1. The molecule has 1 aliphatic rings. The van der Waals surface area contributed by atoms with Crippen molar-refractivity contribution in [3.05, 3.63) is 27.7 Å². The van der Waals surface area contributed by atoms with E-state index in [1.807, 2.05) is 18.2 Å². The lowest BCUT2D eigenvalue weighted by molar-refractivity contribution is 0.493. The zero-order chi connectivity index (χ0) is 11.1. The first-order valence-corrected chi connectivity index (χ1v) is 6.40. The minimum atomic E-state index is 0.492. The normalized spacial score (nSPS) is 19.7. The molecule has 1 fully saturated rings. The zero-order valence-corrected chi connectivity index (χ0v) is 11.3. The monoisotopic (exact) mass is 287 g/mol. The summed E-state index contributed by atoms with van der Waals surface area (Å²) in [5, 5.41) is 4.28. The van der Waals surface area contributed by atoms with Crippen LogP contribution in [-0.4, -0.2) is 6.04 Å². The van der Waals surface area contributed by atoms with Gasteiger partial charge in [-0.1, -0.05) is 18.5 Å². The molecule has 0 aliphatic heterocycles. The summed E-state index contributed by atoms with van der Waals surface area (Å²) >= 11 is 9.37. The second-order valence-corrected chi connectivity index (χ2v) is 5.91. The molecule has 2 rings (SSSR count). The lowest BCUT2D eigenvalue weighted by Crippen LogP contribution is -2.24. The molecular weight excluding hydrogens is 273 g/mol. The summed E-state index contributed by atoms with van der Waals surface area (Å²) in [6.07, 6.45) is 2.66. The van der Waals surface area contributed by atoms with Crippen molar-refractivity contribution in [2.45, 2.75) is 32.7 Å². The van der Waals surface area contributed by atoms with Crippen LogP contribution in [0.5, 0.6) is 0 Å². The molecule has 1 saturated carbocycles. The Bertz CT molecular complexity index is 374. The van der Waals surface area contributed by atoms with Gasteiger partial charge in [-0.3, -0.25) is 0 Å². The van der Waals surface area contributed by atoms with E-state index in [9.17, 15) is 0 Å². The van der Waals surface area contributed by atoms with Crippen molar-refractivity contribution < 1.29 is 0 Å². The third-order valence-corrected chi connectivity index (χ3v) is 4.60. The molecule has 1 aromatic carbocycles. The van der Waals surface area contributed by atoms with E-state index in [-0.39, 0.29) is 0 Å². The smallest absolute Gasteiger partial charge is 0.0549 e. The zero-order valence-electron chi connectivity index (χ0n) is 8.98. The number of benzene rings is 1. The van der Waals surface area contributed by atoms with Crippen molar-refractivity contribution in [2.75, 3.05) is 5.32 Å². The van der Waals surface area contributed by atoms with Gasteiger partial charge in [0.25, 0.3) is 0 Å². The van der Waals surface area contributed by atoms with Gasteiger partial charge < -0.3 is 5.32 Å². The third-order valence-electron chi connectivity index (χ3n) is 3.39. The van der Waals surface area contributed by atoms with Gasteiger partial charge in [0.15, 0.2) is 0 Å². The van der Waals surface area contributed by atoms with E-state index >= 15 is 0 Å². The average molecular weight is 289 g/mol. The van der Waals surface area contributed by atoms with E-state index < -0.39 is 0 Å². The molecule has 15 heavy (non-hydrogen) atoms. The average Bonchev–Trinajstić information content (AvgIpc) is 2.92. The highest BCUT2D eigenvalue weighted by atomic mass is 79.9. The summed E-state index contributed by atoms with van der Waals surface area (Å²) in [6, 6.07) is 6.49. The Balaban J connectivity index is 2.07. The number of rotatable bonds is 3. The second kappa shape index (κ2) is 3.99. The molecule has 3 heteroatoms. The van der Waals surface area contributed by atoms with E-state index in [4.69, 9.17) is 11.6 Å². The summed E-state index contributed by atoms with van der Waals surface area (Å²) in [5.41, 5.74) is 1.62. The van der Waals surface area contributed by atoms with Gasteiger partial charge >= 0.3 is 0 Å². The number of halogens is 2. The van der Waals surface area contributed by atoms with Crippen LogP contribution in [0.2, 0.25) is 5.02 Å². The van der Waals surface area contributed by atoms with E-state index in [2.05, 4.69) is 35.1 Å². The molecule has 1 aliphatic carbocycles. The SMILES string of the molecule is CC(Nc1ccc(Cl)c(Br)c1)C1(C)CC1. The van der Waals surface area contributed by atoms with Gasteiger partial charge in [0.05, 0.1) is 5.02 Å². The Morgan fingerprint density at radius 1 is 1.47 bits per heavy atom. The Labute approximate surface area is 104 Å². The van der Waals surface area contributed by atoms with Crippen molar-refractivity contribution in [3.63, 3.8) is 0 Å². The Kier molecular flexibility index (Phi) is 3.00. The van der Waals surface area contributed by atoms with Gasteiger partial charge in [0, 0.05) is 16.2 Å². The highest BCUT2D eigenvalue weighted by Gasteiger charge is 2.42. The summed E-state index contributed by atoms with van der Waals surface area (Å²) in [6.45, 7) is 4.57. The van der Waals surface area contributed by atoms with Crippen LogP contribution in [0.4, 0.5) is 5.69 Å². The molecule has 1 atom stereocenters. The van der Waals surface area contributed by atoms with Crippen molar-refractivity contribution >= 4 is 33.2 Å². The predicted octanol–water partition coefficient (Wildman–Crippen LogP) is 4.70. The maximum atomic E-state index is 5.94. The highest BCUT2D eigenvalue weighted by Crippen LogP contribution is 2.48. The lowest BCUT2D eigenvalue weighted by atomic mass is 10.0. The first-order chi connectivity index (χ1) is 7.01. The van der Waals surface area contributed by atoms with E-state index in [1.165, 1.54) is 12.8 Å². The van der Waals surface area contributed by atoms with Crippen LogP contribution < -0.4 is 5.32 Å². The molecule has 1 N–H and O–H groups in total. The van der Waals surface area contributed by atoms with Crippen LogP contribution >= 0.6 is 27.5 Å². The van der Waals surface area contributed by atoms with Gasteiger partial charge in [-0.15, -0.1) is 0 Å². The fourth-order valence-electron chi connectivity index (χ4n) is 1.64. The Hall–Kier alpha value is -0.210. The van der Waals surface area contributed by atoms with Crippen molar-refractivity contribution in [1.29, 1.82) is 0 Å². The number of hydrogen-bond acceptors (Lipinski definition) is 1. The van der Waals surface area contributed by atoms with Crippen molar-refractivity contribution in [2.24, 2.45) is 5.41 Å². The third kappa shape index (κ3) is 2.48. The first kappa shape index (κ1) is 11.3. The van der Waals surface area contributed by atoms with Crippen LogP contribution in [0.25, 0.3) is 0 Å². The molecule has 1 nitrogen and oxygen atoms in total. The minimum Gasteiger partial charge on any atom is -0.382 e. The maximum Gasteiger partial charge on any atom is 0.0549 e. The van der Waals surface area contributed by atoms with Gasteiger partial charge in [0.1, 0.15) is 0 Å². The molecule has 0 radical (unpaired) electrons. The van der Waals surface area contributed by atoms with Crippen LogP contribution in [0.15, 0.2) is 22.7 Å². The van der Waals surface area contributed by atoms with Gasteiger partial charge in [-0.2, -0.15) is 0 Å². The molecular formula is C12H15BrClN. The molecule has 0 spiro atoms. The van der Waals surface area contributed by atoms with Gasteiger partial charge in [-0.05, 0) is 59.3 Å². The Morgan fingerprint density at radius 2 is 2.13 bits per heavy atom. The summed E-state index contributed by atoms with van der Waals surface area (Å²) in [4.78, 5) is 0. The molecule has 82 valence electrons. The number of anilines is 1. The topological polar surface area (TPSA) is 12.0 Å². The first-order valence-electron chi connectivity index (χ1n) is 5.23. The largest absolute Gasteiger partial charge is 0.382 e. The van der Waals surface area contributed by atoms with Gasteiger partial charge in [-0.25, -0.2) is 0 Å². The van der Waals surface area contributed by atoms with E-state index in [0.717, 1.165) is 15.2 Å². The molecule has 0 bridgehead atoms. The van der Waals surface area contributed by atoms with Crippen molar-refractivity contribution in [3.8, 4) is 0 Å². The number of hydrogen-bond donors (Lipinski definition) is 1. The van der Waals surface area contributed by atoms with Crippen LogP contribution in [0, 0.1) is 5.41 Å². The minimum absolute atomic E-state index is 0.492. The summed E-state index contributed by atoms with van der Waals surface area (Å²) in [5.74, 6) is 0. The predicted molar refractivity (Wildman–Crippen MR) is 69.6 cm³/mol. The Morgan fingerprint density at radius 3 is 2.67 bits per heavy atom. The maximum absolute atomic E-state index is 5.94. The standard InChI is InChI=1S/C12H15BrClN/c1-8(12(2)5-6-12)15-9-3-4-11(14)10(13)7-9/h3-4,7-8,15H,5-6H2,1-2H3. The lowest BCUT2D eigenvalue weighted by Gasteiger charge is -2.21. The van der Waals surface area contributed by atoms with E-state index in [1.54, 1.807) is 0 Å². The van der Waals surface area contributed by atoms with Crippen LogP contribution in [-0.2, 0) is 0 Å². The molecule has 1 unspecified atom stereocenters. The van der Waals surface area contributed by atoms with Crippen LogP contribution in [0.3, 0.4) is 0 Å². The molecule has 0 amide bonds. The van der Waals surface area contributed by atoms with Gasteiger partial charge in [0.2, 0.25) is 0 Å². The van der Waals surface area contributed by atoms with E-state index in [0.29, 0.717) is 11.5 Å². The summed E-state index contributed by atoms with van der Waals surface area (Å²) in [7, 11) is 0. The quantitative estimate of drug-likeness (QED) is 0.850. The highest BCUT2D eigenvalue weighted by molar-refractivity contribution is 9.10. The second-order valence-electron chi connectivity index (χ2n) is 4.65. The fraction of sp³-hybridized carbons (Fsp3) is 0.500. The van der Waals surface area contributed by atoms with Crippen molar-refractivity contribution in [1.82, 2.24) is 0 Å². The fourth-order valence-corrected chi connectivity index (χ4v) is 2.14. The van der Waals surface area contributed by atoms with Crippen LogP contribution in [0.1, 0.15) is 26.7 Å². The molecule has 1 aromatic rings. The molecule has 0 saturated heterocycles. The molecule has 0 heterocycles. The summed E-state index contributed by atoms with van der Waals surface area (Å²) < 4.78 is 0.947. The molecule has 0 aromatic heterocycles.